The summed E-state index contributed by atoms with van der Waals surface area (Å²) in [5, 5.41) is 18.7. The van der Waals surface area contributed by atoms with Gasteiger partial charge in [0.15, 0.2) is 22.7 Å². The lowest BCUT2D eigenvalue weighted by Gasteiger charge is -2.16. The SMILES string of the molecule is C.CCC(=O)Cn1c(=O)c2c(n(C)c1=O)N=C(CO)C2.CCC(=O)Cn1c(=O)c2c(nc(CO)n2COCC[Si](C)(C)C)n(C)c1=O. The molecule has 0 fully saturated rings. The fourth-order valence-electron chi connectivity index (χ4n) is 4.67. The predicted molar refractivity (Wildman–Crippen MR) is 180 cm³/mol. The highest BCUT2D eigenvalue weighted by molar-refractivity contribution is 6.76. The number of imidazole rings is 1. The number of aryl methyl sites for hydroxylation is 1. The van der Waals surface area contributed by atoms with Crippen LogP contribution in [0.15, 0.2) is 24.2 Å². The molecule has 0 aliphatic carbocycles. The minimum absolute atomic E-state index is 0. The number of hydrogen-bond acceptors (Lipinski definition) is 11. The molecule has 3 aromatic rings. The molecule has 260 valence electrons. The van der Waals surface area contributed by atoms with Gasteiger partial charge in [0.1, 0.15) is 25.0 Å². The molecule has 3 aromatic heterocycles. The van der Waals surface area contributed by atoms with Gasteiger partial charge in [0.2, 0.25) is 0 Å². The van der Waals surface area contributed by atoms with Crippen LogP contribution in [-0.4, -0.2) is 76.6 Å². The average molecular weight is 678 g/mol. The number of aliphatic imine (C=N–C) groups is 1. The summed E-state index contributed by atoms with van der Waals surface area (Å²) < 4.78 is 11.5. The number of Topliss-reactive ketones (excluding diaryl/α,β-unsaturated/α-hetero) is 2. The number of aliphatic hydroxyl groups excluding tert-OH is 2. The zero-order chi connectivity index (χ0) is 34.5. The molecule has 0 saturated heterocycles. The van der Waals surface area contributed by atoms with Gasteiger partial charge in [-0.05, 0) is 6.04 Å². The minimum atomic E-state index is -1.26. The lowest BCUT2D eigenvalue weighted by atomic mass is 10.2. The molecule has 2 N–H and O–H groups in total. The van der Waals surface area contributed by atoms with E-state index in [1.807, 2.05) is 0 Å². The monoisotopic (exact) mass is 677 g/mol. The number of rotatable bonds is 13. The first-order valence-electron chi connectivity index (χ1n) is 15.0. The normalized spacial score (nSPS) is 12.3. The Morgan fingerprint density at radius 1 is 0.851 bits per heavy atom. The summed E-state index contributed by atoms with van der Waals surface area (Å²) in [4.78, 5) is 81.1. The van der Waals surface area contributed by atoms with E-state index in [4.69, 9.17) is 9.84 Å². The molecule has 17 heteroatoms. The van der Waals surface area contributed by atoms with Gasteiger partial charge in [-0.15, -0.1) is 0 Å². The second kappa shape index (κ2) is 16.2. The van der Waals surface area contributed by atoms with E-state index in [1.165, 1.54) is 27.8 Å². The Morgan fingerprint density at radius 2 is 1.40 bits per heavy atom. The number of nitrogens with zero attached hydrogens (tertiary/aromatic N) is 7. The van der Waals surface area contributed by atoms with E-state index in [0.717, 1.165) is 15.2 Å². The standard InChI is InChI=1S/C17H28N4O5Si.C12H15N3O4.CH4/c1-6-12(23)9-20-16(24)14-15(19(2)17(20)25)18-13(10-22)21(14)11-26-7-8-27(3,4)5;1-3-8(17)5-15-11(18)9-4-7(6-16)13-10(9)14(2)12(15)19;/h22H,6-11H2,1-5H3;16H,3-6H2,1-2H3;1H4. The molecule has 0 spiro atoms. The highest BCUT2D eigenvalue weighted by Gasteiger charge is 2.24. The molecule has 4 heterocycles. The zero-order valence-electron chi connectivity index (χ0n) is 27.5. The molecule has 0 bridgehead atoms. The van der Waals surface area contributed by atoms with Crippen LogP contribution >= 0.6 is 0 Å². The Hall–Kier alpha value is -4.06. The maximum atomic E-state index is 12.9. The lowest BCUT2D eigenvalue weighted by molar-refractivity contribution is -0.120. The average Bonchev–Trinajstić information content (AvgIpc) is 3.63. The maximum absolute atomic E-state index is 12.9. The van der Waals surface area contributed by atoms with Gasteiger partial charge in [-0.25, -0.2) is 19.6 Å². The zero-order valence-corrected chi connectivity index (χ0v) is 28.5. The number of carbonyl (C=O) groups is 2. The Labute approximate surface area is 272 Å². The molecule has 0 aromatic carbocycles. The summed E-state index contributed by atoms with van der Waals surface area (Å²) in [5.74, 6) is 0.123. The number of fused-ring (bicyclic) bond motifs is 2. The molecule has 1 aliphatic rings. The second-order valence-electron chi connectivity index (χ2n) is 12.2. The summed E-state index contributed by atoms with van der Waals surface area (Å²) in [7, 11) is 1.72. The van der Waals surface area contributed by atoms with E-state index in [9.17, 15) is 33.9 Å². The van der Waals surface area contributed by atoms with Crippen LogP contribution in [0, 0.1) is 0 Å². The fraction of sp³-hybridized carbons (Fsp3) is 0.600. The van der Waals surface area contributed by atoms with Crippen LogP contribution in [0.5, 0.6) is 0 Å². The summed E-state index contributed by atoms with van der Waals surface area (Å²) in [6.07, 6.45) is 0.721. The van der Waals surface area contributed by atoms with Crippen molar-refractivity contribution in [1.82, 2.24) is 27.8 Å². The molecule has 16 nitrogen and oxygen atoms in total. The largest absolute Gasteiger partial charge is 0.390 e. The Bertz CT molecular complexity index is 1910. The molecule has 0 atom stereocenters. The lowest BCUT2D eigenvalue weighted by Crippen LogP contribution is -2.41. The Kier molecular flexibility index (Phi) is 13.5. The first kappa shape index (κ1) is 39.1. The molecule has 4 rings (SSSR count). The maximum Gasteiger partial charge on any atom is 0.332 e. The number of carbonyl (C=O) groups excluding carboxylic acids is 2. The molecule has 0 saturated carbocycles. The van der Waals surface area contributed by atoms with E-state index in [1.54, 1.807) is 13.8 Å². The van der Waals surface area contributed by atoms with Crippen LogP contribution < -0.4 is 22.5 Å². The predicted octanol–water partition coefficient (Wildman–Crippen LogP) is 0.464. The van der Waals surface area contributed by atoms with Crippen LogP contribution in [0.2, 0.25) is 25.7 Å². The summed E-state index contributed by atoms with van der Waals surface area (Å²) in [6.45, 7) is 9.50. The Balaban J connectivity index is 0.000000338. The van der Waals surface area contributed by atoms with Crippen molar-refractivity contribution in [2.75, 3.05) is 13.2 Å². The minimum Gasteiger partial charge on any atom is -0.390 e. The van der Waals surface area contributed by atoms with Crippen molar-refractivity contribution >= 4 is 42.3 Å². The molecule has 0 amide bonds. The second-order valence-corrected chi connectivity index (χ2v) is 17.8. The van der Waals surface area contributed by atoms with Crippen molar-refractivity contribution in [3.63, 3.8) is 0 Å². The van der Waals surface area contributed by atoms with Gasteiger partial charge in [-0.1, -0.05) is 40.9 Å². The number of hydrogen-bond donors (Lipinski definition) is 2. The van der Waals surface area contributed by atoms with E-state index >= 15 is 0 Å². The molecule has 47 heavy (non-hydrogen) atoms. The summed E-state index contributed by atoms with van der Waals surface area (Å²) in [5.41, 5.74) is -1.14. The van der Waals surface area contributed by atoms with Gasteiger partial charge in [0.25, 0.3) is 11.1 Å². The van der Waals surface area contributed by atoms with Gasteiger partial charge >= 0.3 is 11.4 Å². The molecular formula is C30H47N7O9Si. The highest BCUT2D eigenvalue weighted by Crippen LogP contribution is 2.21. The van der Waals surface area contributed by atoms with E-state index in [-0.39, 0.29) is 87.5 Å². The van der Waals surface area contributed by atoms with Crippen molar-refractivity contribution in [2.24, 2.45) is 19.1 Å². The third kappa shape index (κ3) is 8.65. The highest BCUT2D eigenvalue weighted by atomic mass is 28.3. The van der Waals surface area contributed by atoms with Crippen molar-refractivity contribution in [3.8, 4) is 0 Å². The van der Waals surface area contributed by atoms with Crippen LogP contribution in [0.4, 0.5) is 5.82 Å². The quantitative estimate of drug-likeness (QED) is 0.189. The Morgan fingerprint density at radius 3 is 1.91 bits per heavy atom. The smallest absolute Gasteiger partial charge is 0.332 e. The van der Waals surface area contributed by atoms with Crippen molar-refractivity contribution in [1.29, 1.82) is 0 Å². The molecular weight excluding hydrogens is 630 g/mol. The fourth-order valence-corrected chi connectivity index (χ4v) is 5.42. The summed E-state index contributed by atoms with van der Waals surface area (Å²) >= 11 is 0. The van der Waals surface area contributed by atoms with Crippen molar-refractivity contribution in [3.05, 3.63) is 53.1 Å². The molecule has 0 unspecified atom stereocenters. The third-order valence-corrected chi connectivity index (χ3v) is 9.27. The molecule has 1 aliphatic heterocycles. The number of aromatic nitrogens is 6. The first-order chi connectivity index (χ1) is 21.6. The van der Waals surface area contributed by atoms with Crippen molar-refractivity contribution < 1.29 is 24.5 Å². The summed E-state index contributed by atoms with van der Waals surface area (Å²) in [6, 6.07) is 0.960. The molecule has 0 radical (unpaired) electrons. The van der Waals surface area contributed by atoms with Gasteiger partial charge in [0.05, 0.1) is 31.0 Å². The van der Waals surface area contributed by atoms with Crippen LogP contribution in [0.3, 0.4) is 0 Å². The van der Waals surface area contributed by atoms with Gasteiger partial charge in [-0.3, -0.25) is 42.0 Å². The van der Waals surface area contributed by atoms with Gasteiger partial charge < -0.3 is 14.9 Å². The van der Waals surface area contributed by atoms with E-state index < -0.39 is 37.2 Å². The topological polar surface area (TPSA) is 202 Å². The number of aliphatic hydroxyl groups is 2. The van der Waals surface area contributed by atoms with Gasteiger partial charge in [-0.2, -0.15) is 0 Å². The number of ketones is 2. The van der Waals surface area contributed by atoms with Gasteiger partial charge in [0, 0.05) is 48.0 Å². The van der Waals surface area contributed by atoms with Crippen LogP contribution in [-0.2, 0) is 61.3 Å². The third-order valence-electron chi connectivity index (χ3n) is 7.56. The van der Waals surface area contributed by atoms with Crippen molar-refractivity contribution in [2.45, 2.75) is 92.6 Å². The van der Waals surface area contributed by atoms with Crippen LogP contribution in [0.1, 0.15) is 45.5 Å². The van der Waals surface area contributed by atoms with Crippen LogP contribution in [0.25, 0.3) is 11.2 Å². The number of ether oxygens (including phenoxy) is 1. The van der Waals surface area contributed by atoms with E-state index in [0.29, 0.717) is 17.9 Å². The van der Waals surface area contributed by atoms with E-state index in [2.05, 4.69) is 29.6 Å². The first-order valence-corrected chi connectivity index (χ1v) is 18.7.